The second-order valence-electron chi connectivity index (χ2n) is 6.45. The molecule has 3 aromatic rings. The summed E-state index contributed by atoms with van der Waals surface area (Å²) in [7, 11) is 1.65. The molecular formula is C20H21ClN4O. The van der Waals surface area contributed by atoms with E-state index >= 15 is 0 Å². The molecule has 5 nitrogen and oxygen atoms in total. The summed E-state index contributed by atoms with van der Waals surface area (Å²) in [6.07, 6.45) is 1.84. The predicted octanol–water partition coefficient (Wildman–Crippen LogP) is 3.61. The van der Waals surface area contributed by atoms with Gasteiger partial charge in [-0.25, -0.2) is 9.97 Å². The van der Waals surface area contributed by atoms with E-state index in [0.29, 0.717) is 5.15 Å². The Morgan fingerprint density at radius 1 is 1.08 bits per heavy atom. The molecule has 1 aliphatic rings. The van der Waals surface area contributed by atoms with Crippen molar-refractivity contribution >= 4 is 28.3 Å². The number of aromatic nitrogens is 2. The summed E-state index contributed by atoms with van der Waals surface area (Å²) in [5, 5.41) is 1.65. The van der Waals surface area contributed by atoms with E-state index < -0.39 is 0 Å². The van der Waals surface area contributed by atoms with Gasteiger partial charge in [-0.05, 0) is 30.3 Å². The molecule has 0 radical (unpaired) electrons. The van der Waals surface area contributed by atoms with Crippen molar-refractivity contribution in [3.8, 4) is 5.75 Å². The van der Waals surface area contributed by atoms with Gasteiger partial charge in [-0.15, -0.1) is 0 Å². The maximum atomic E-state index is 6.44. The van der Waals surface area contributed by atoms with Crippen molar-refractivity contribution in [2.75, 3.05) is 38.2 Å². The molecule has 0 spiro atoms. The lowest BCUT2D eigenvalue weighted by atomic mass is 10.1. The maximum absolute atomic E-state index is 6.44. The van der Waals surface area contributed by atoms with Gasteiger partial charge < -0.3 is 9.64 Å². The van der Waals surface area contributed by atoms with Crippen molar-refractivity contribution in [3.63, 3.8) is 0 Å². The highest BCUT2D eigenvalue weighted by atomic mass is 35.5. The monoisotopic (exact) mass is 368 g/mol. The molecular weight excluding hydrogens is 348 g/mol. The summed E-state index contributed by atoms with van der Waals surface area (Å²) < 4.78 is 5.26. The molecule has 26 heavy (non-hydrogen) atoms. The van der Waals surface area contributed by atoms with Gasteiger partial charge in [-0.3, -0.25) is 4.90 Å². The quantitative estimate of drug-likeness (QED) is 0.658. The highest BCUT2D eigenvalue weighted by molar-refractivity contribution is 6.30. The molecule has 1 aliphatic heterocycles. The first-order valence-electron chi connectivity index (χ1n) is 8.74. The Hall–Kier alpha value is -2.37. The van der Waals surface area contributed by atoms with Crippen LogP contribution in [0.25, 0.3) is 10.9 Å². The fourth-order valence-corrected chi connectivity index (χ4v) is 3.53. The van der Waals surface area contributed by atoms with Crippen LogP contribution in [0.4, 0.5) is 5.82 Å². The lowest BCUT2D eigenvalue weighted by molar-refractivity contribution is 0.249. The minimum Gasteiger partial charge on any atom is -0.497 e. The minimum atomic E-state index is 0.568. The zero-order valence-corrected chi connectivity index (χ0v) is 15.5. The Morgan fingerprint density at radius 3 is 2.65 bits per heavy atom. The first-order valence-corrected chi connectivity index (χ1v) is 9.12. The minimum absolute atomic E-state index is 0.568. The summed E-state index contributed by atoms with van der Waals surface area (Å²) in [5.41, 5.74) is 1.92. The normalized spacial score (nSPS) is 15.4. The van der Waals surface area contributed by atoms with Crippen LogP contribution in [0.2, 0.25) is 5.15 Å². The van der Waals surface area contributed by atoms with Gasteiger partial charge in [0, 0.05) is 55.9 Å². The van der Waals surface area contributed by atoms with Crippen LogP contribution >= 0.6 is 11.6 Å². The van der Waals surface area contributed by atoms with Gasteiger partial charge >= 0.3 is 0 Å². The number of halogens is 1. The Balaban J connectivity index is 1.45. The van der Waals surface area contributed by atoms with E-state index in [9.17, 15) is 0 Å². The third-order valence-electron chi connectivity index (χ3n) is 4.79. The van der Waals surface area contributed by atoms with Gasteiger partial charge in [0.25, 0.3) is 0 Å². The number of benzene rings is 1. The number of hydrogen-bond donors (Lipinski definition) is 0. The smallest absolute Gasteiger partial charge is 0.134 e. The summed E-state index contributed by atoms with van der Waals surface area (Å²) in [5.74, 6) is 1.84. The number of pyridine rings is 2. The standard InChI is InChI=1S/C20H21ClN4O/c1-26-17-6-5-15-12-16(20(21)23-18(15)13-17)14-24-8-10-25(11-9-24)19-4-2-3-7-22-19/h2-7,12-13H,8-11,14H2,1H3. The lowest BCUT2D eigenvalue weighted by Crippen LogP contribution is -2.46. The molecule has 0 N–H and O–H groups in total. The number of methoxy groups -OCH3 is 1. The zero-order valence-electron chi connectivity index (χ0n) is 14.7. The van der Waals surface area contributed by atoms with Crippen LogP contribution < -0.4 is 9.64 Å². The van der Waals surface area contributed by atoms with Crippen LogP contribution in [0, 0.1) is 0 Å². The summed E-state index contributed by atoms with van der Waals surface area (Å²) in [6.45, 7) is 4.70. The van der Waals surface area contributed by atoms with Crippen molar-refractivity contribution in [2.45, 2.75) is 6.54 Å². The lowest BCUT2D eigenvalue weighted by Gasteiger charge is -2.35. The van der Waals surface area contributed by atoms with E-state index in [1.807, 2.05) is 36.5 Å². The topological polar surface area (TPSA) is 41.5 Å². The van der Waals surface area contributed by atoms with Crippen molar-refractivity contribution < 1.29 is 4.74 Å². The molecule has 6 heteroatoms. The molecule has 0 unspecified atom stereocenters. The maximum Gasteiger partial charge on any atom is 0.134 e. The number of piperazine rings is 1. The first-order chi connectivity index (χ1) is 12.7. The van der Waals surface area contributed by atoms with Gasteiger partial charge in [0.15, 0.2) is 0 Å². The first kappa shape index (κ1) is 17.1. The van der Waals surface area contributed by atoms with Gasteiger partial charge in [-0.1, -0.05) is 17.7 Å². The van der Waals surface area contributed by atoms with E-state index in [1.165, 1.54) is 0 Å². The predicted molar refractivity (Wildman–Crippen MR) is 105 cm³/mol. The van der Waals surface area contributed by atoms with Gasteiger partial charge in [-0.2, -0.15) is 0 Å². The number of nitrogens with zero attached hydrogens (tertiary/aromatic N) is 4. The third-order valence-corrected chi connectivity index (χ3v) is 5.12. The van der Waals surface area contributed by atoms with Crippen LogP contribution in [0.15, 0.2) is 48.7 Å². The number of ether oxygens (including phenoxy) is 1. The van der Waals surface area contributed by atoms with E-state index in [-0.39, 0.29) is 0 Å². The fourth-order valence-electron chi connectivity index (χ4n) is 3.32. The third kappa shape index (κ3) is 3.59. The molecule has 1 saturated heterocycles. The average Bonchev–Trinajstić information content (AvgIpc) is 2.69. The van der Waals surface area contributed by atoms with E-state index in [0.717, 1.165) is 60.8 Å². The van der Waals surface area contributed by atoms with Gasteiger partial charge in [0.05, 0.1) is 12.6 Å². The van der Waals surface area contributed by atoms with Crippen molar-refractivity contribution in [1.29, 1.82) is 0 Å². The molecule has 134 valence electrons. The van der Waals surface area contributed by atoms with Crippen LogP contribution in [-0.2, 0) is 6.54 Å². The van der Waals surface area contributed by atoms with E-state index in [4.69, 9.17) is 16.3 Å². The molecule has 1 aromatic carbocycles. The highest BCUT2D eigenvalue weighted by Gasteiger charge is 2.19. The second kappa shape index (κ2) is 7.48. The summed E-state index contributed by atoms with van der Waals surface area (Å²) in [6, 6.07) is 14.1. The Morgan fingerprint density at radius 2 is 1.92 bits per heavy atom. The number of rotatable bonds is 4. The molecule has 0 saturated carbocycles. The van der Waals surface area contributed by atoms with Crippen molar-refractivity contribution in [1.82, 2.24) is 14.9 Å². The average molecular weight is 369 g/mol. The zero-order chi connectivity index (χ0) is 17.9. The number of hydrogen-bond acceptors (Lipinski definition) is 5. The Kier molecular flexibility index (Phi) is 4.91. The van der Waals surface area contributed by atoms with Crippen molar-refractivity contribution in [3.05, 3.63) is 59.4 Å². The fraction of sp³-hybridized carbons (Fsp3) is 0.300. The Bertz CT molecular complexity index is 895. The second-order valence-corrected chi connectivity index (χ2v) is 6.81. The molecule has 3 heterocycles. The van der Waals surface area contributed by atoms with Crippen molar-refractivity contribution in [2.24, 2.45) is 0 Å². The molecule has 0 bridgehead atoms. The van der Waals surface area contributed by atoms with E-state index in [2.05, 4.69) is 31.9 Å². The molecule has 0 aliphatic carbocycles. The van der Waals surface area contributed by atoms with Gasteiger partial charge in [0.2, 0.25) is 0 Å². The number of fused-ring (bicyclic) bond motifs is 1. The molecule has 0 atom stereocenters. The SMILES string of the molecule is COc1ccc2cc(CN3CCN(c4ccccn4)CC3)c(Cl)nc2c1. The Labute approximate surface area is 158 Å². The molecule has 1 fully saturated rings. The summed E-state index contributed by atoms with van der Waals surface area (Å²) in [4.78, 5) is 13.7. The van der Waals surface area contributed by atoms with E-state index in [1.54, 1.807) is 7.11 Å². The molecule has 2 aromatic heterocycles. The van der Waals surface area contributed by atoms with Crippen LogP contribution in [0.3, 0.4) is 0 Å². The molecule has 0 amide bonds. The summed E-state index contributed by atoms with van der Waals surface area (Å²) >= 11 is 6.44. The van der Waals surface area contributed by atoms with Gasteiger partial charge in [0.1, 0.15) is 16.7 Å². The molecule has 4 rings (SSSR count). The van der Waals surface area contributed by atoms with Crippen LogP contribution in [-0.4, -0.2) is 48.2 Å². The number of anilines is 1. The van der Waals surface area contributed by atoms with Crippen LogP contribution in [0.1, 0.15) is 5.56 Å². The largest absolute Gasteiger partial charge is 0.497 e. The van der Waals surface area contributed by atoms with Crippen LogP contribution in [0.5, 0.6) is 5.75 Å². The highest BCUT2D eigenvalue weighted by Crippen LogP contribution is 2.25.